The van der Waals surface area contributed by atoms with Crippen LogP contribution in [0, 0.1) is 17.1 Å². The Morgan fingerprint density at radius 3 is 2.55 bits per heavy atom. The monoisotopic (exact) mass is 551 g/mol. The fourth-order valence-corrected chi connectivity index (χ4v) is 5.96. The van der Waals surface area contributed by atoms with Gasteiger partial charge in [-0.25, -0.2) is 9.37 Å². The van der Waals surface area contributed by atoms with Crippen molar-refractivity contribution in [3.8, 4) is 23.1 Å². The second-order valence-electron chi connectivity index (χ2n) is 10.1. The Kier molecular flexibility index (Phi) is 6.14. The number of nitriles is 1. The lowest BCUT2D eigenvalue weighted by Crippen LogP contribution is -2.71. The number of H-pyrrole nitrogens is 1. The van der Waals surface area contributed by atoms with Crippen molar-refractivity contribution in [1.82, 2.24) is 25.1 Å². The van der Waals surface area contributed by atoms with E-state index in [4.69, 9.17) is 27.9 Å². The van der Waals surface area contributed by atoms with Crippen LogP contribution in [-0.2, 0) is 0 Å². The number of hydrogen-bond acceptors (Lipinski definition) is 7. The lowest BCUT2D eigenvalue weighted by atomic mass is 9.87. The maximum atomic E-state index is 14.9. The molecule has 6 rings (SSSR count). The number of benzene rings is 1. The highest BCUT2D eigenvalue weighted by molar-refractivity contribution is 6.35. The molecule has 38 heavy (non-hydrogen) atoms. The van der Waals surface area contributed by atoms with E-state index in [1.54, 1.807) is 25.3 Å². The van der Waals surface area contributed by atoms with E-state index in [-0.39, 0.29) is 11.3 Å². The van der Waals surface area contributed by atoms with Crippen molar-refractivity contribution < 1.29 is 9.13 Å². The number of nitrogens with one attached hydrogen (secondary N) is 1. The Morgan fingerprint density at radius 2 is 1.89 bits per heavy atom. The maximum Gasteiger partial charge on any atom is 0.167 e. The van der Waals surface area contributed by atoms with Crippen LogP contribution in [0.1, 0.15) is 37.5 Å². The molecule has 0 amide bonds. The normalized spacial score (nSPS) is 17.5. The van der Waals surface area contributed by atoms with Crippen molar-refractivity contribution in [2.75, 3.05) is 31.1 Å². The molecule has 0 saturated carbocycles. The van der Waals surface area contributed by atoms with Gasteiger partial charge in [0.25, 0.3) is 0 Å². The van der Waals surface area contributed by atoms with Crippen LogP contribution < -0.4 is 9.64 Å². The number of anilines is 1. The number of pyridine rings is 2. The van der Waals surface area contributed by atoms with E-state index >= 15 is 0 Å². The summed E-state index contributed by atoms with van der Waals surface area (Å²) < 4.78 is 20.9. The van der Waals surface area contributed by atoms with E-state index in [0.717, 1.165) is 26.2 Å². The first-order chi connectivity index (χ1) is 18.3. The predicted molar refractivity (Wildman–Crippen MR) is 144 cm³/mol. The number of rotatable bonds is 6. The first-order valence-corrected chi connectivity index (χ1v) is 13.1. The smallest absolute Gasteiger partial charge is 0.167 e. The molecule has 1 N–H and O–H groups in total. The van der Waals surface area contributed by atoms with E-state index in [1.807, 2.05) is 0 Å². The van der Waals surface area contributed by atoms with Gasteiger partial charge in [-0.1, -0.05) is 23.2 Å². The zero-order chi connectivity index (χ0) is 26.6. The molecular formula is C27H24Cl2FN7O. The summed E-state index contributed by atoms with van der Waals surface area (Å²) in [4.78, 5) is 13.2. The summed E-state index contributed by atoms with van der Waals surface area (Å²) in [5.74, 6) is 0.131. The molecule has 2 aliphatic heterocycles. The summed E-state index contributed by atoms with van der Waals surface area (Å²) in [5, 5.41) is 18.5. The van der Waals surface area contributed by atoms with Gasteiger partial charge in [0.2, 0.25) is 0 Å². The van der Waals surface area contributed by atoms with Gasteiger partial charge in [-0.15, -0.1) is 0 Å². The molecule has 0 spiro atoms. The van der Waals surface area contributed by atoms with Gasteiger partial charge in [-0.2, -0.15) is 10.4 Å². The highest BCUT2D eigenvalue weighted by Crippen LogP contribution is 2.38. The summed E-state index contributed by atoms with van der Waals surface area (Å²) in [6, 6.07) is 6.97. The minimum absolute atomic E-state index is 0.0209. The molecular weight excluding hydrogens is 528 g/mol. The zero-order valence-corrected chi connectivity index (χ0v) is 22.3. The molecule has 11 heteroatoms. The maximum absolute atomic E-state index is 14.9. The second kappa shape index (κ2) is 9.38. The third-order valence-corrected chi connectivity index (χ3v) is 8.06. The van der Waals surface area contributed by atoms with Crippen LogP contribution in [0.3, 0.4) is 0 Å². The topological polar surface area (TPSA) is 94.0 Å². The van der Waals surface area contributed by atoms with Crippen molar-refractivity contribution in [2.24, 2.45) is 0 Å². The van der Waals surface area contributed by atoms with E-state index in [9.17, 15) is 9.65 Å². The van der Waals surface area contributed by atoms with Gasteiger partial charge < -0.3 is 9.64 Å². The third-order valence-electron chi connectivity index (χ3n) is 7.46. The Balaban J connectivity index is 1.30. The number of aromatic amines is 1. The Bertz CT molecular complexity index is 1570. The number of hydrogen-bond donors (Lipinski definition) is 1. The molecule has 2 saturated heterocycles. The van der Waals surface area contributed by atoms with Crippen LogP contribution in [0.15, 0.2) is 36.8 Å². The zero-order valence-electron chi connectivity index (χ0n) is 20.8. The van der Waals surface area contributed by atoms with Crippen LogP contribution in [0.4, 0.5) is 10.2 Å². The molecule has 1 atom stereocenters. The lowest BCUT2D eigenvalue weighted by molar-refractivity contribution is 0.0206. The minimum Gasteiger partial charge on any atom is -0.483 e. The molecule has 0 unspecified atom stereocenters. The van der Waals surface area contributed by atoms with Crippen molar-refractivity contribution in [1.29, 1.82) is 5.26 Å². The van der Waals surface area contributed by atoms with E-state index in [0.29, 0.717) is 49.2 Å². The molecule has 0 radical (unpaired) electrons. The summed E-state index contributed by atoms with van der Waals surface area (Å²) >= 11 is 12.5. The van der Waals surface area contributed by atoms with Gasteiger partial charge >= 0.3 is 0 Å². The van der Waals surface area contributed by atoms with Gasteiger partial charge in [-0.05, 0) is 32.4 Å². The number of fused-ring (bicyclic) bond motifs is 1. The largest absolute Gasteiger partial charge is 0.483 e. The van der Waals surface area contributed by atoms with E-state index in [2.05, 4.69) is 43.0 Å². The molecule has 0 aliphatic carbocycles. The van der Waals surface area contributed by atoms with Crippen molar-refractivity contribution in [3.63, 3.8) is 0 Å². The standard InChI is InChI=1S/C27H24Cl2FN7O/c1-15(24-19(28)11-32-12-20(24)29)38-23-7-18-22(8-21(23)30)34-35-25(18)17-6-16(9-31)26(33-10-17)36-13-27(2,14-36)37-4-3-5-37/h6-8,10-12,15H,3-5,13-14H2,1-2H3,(H,34,35)/t15-/m1/s1. The average molecular weight is 552 g/mol. The fourth-order valence-electron chi connectivity index (χ4n) is 5.29. The molecule has 8 nitrogen and oxygen atoms in total. The van der Waals surface area contributed by atoms with Crippen LogP contribution in [0.2, 0.25) is 10.0 Å². The van der Waals surface area contributed by atoms with Crippen molar-refractivity contribution in [2.45, 2.75) is 31.9 Å². The van der Waals surface area contributed by atoms with Gasteiger partial charge in [0.05, 0.1) is 26.7 Å². The third kappa shape index (κ3) is 4.13. The molecule has 2 fully saturated rings. The lowest BCUT2D eigenvalue weighted by Gasteiger charge is -2.57. The first kappa shape index (κ1) is 24.9. The Labute approximate surface area is 228 Å². The highest BCUT2D eigenvalue weighted by Gasteiger charge is 2.46. The SMILES string of the molecule is C[C@@H](Oc1cc2c(-c3cnc(N4CC(C)(N5CCC5)C4)c(C#N)c3)n[nH]c2cc1F)c1c(Cl)cncc1Cl. The van der Waals surface area contributed by atoms with Crippen LogP contribution in [0.25, 0.3) is 22.2 Å². The van der Waals surface area contributed by atoms with Gasteiger partial charge in [-0.3, -0.25) is 15.0 Å². The minimum atomic E-state index is -0.634. The van der Waals surface area contributed by atoms with Crippen LogP contribution in [0.5, 0.6) is 5.75 Å². The number of halogens is 3. The summed E-state index contributed by atoms with van der Waals surface area (Å²) in [6.07, 6.45) is 5.24. The number of likely N-dealkylation sites (tertiary alicyclic amines) is 1. The quantitative estimate of drug-likeness (QED) is 0.325. The summed E-state index contributed by atoms with van der Waals surface area (Å²) in [7, 11) is 0. The van der Waals surface area contributed by atoms with Crippen molar-refractivity contribution in [3.05, 3.63) is 63.8 Å². The Morgan fingerprint density at radius 1 is 1.16 bits per heavy atom. The summed E-state index contributed by atoms with van der Waals surface area (Å²) in [5.41, 5.74) is 2.80. The molecule has 0 bridgehead atoms. The second-order valence-corrected chi connectivity index (χ2v) is 10.9. The van der Waals surface area contributed by atoms with Gasteiger partial charge in [0.15, 0.2) is 11.6 Å². The Hall–Kier alpha value is -3.45. The van der Waals surface area contributed by atoms with E-state index < -0.39 is 11.9 Å². The number of aromatic nitrogens is 4. The molecule has 2 aliphatic rings. The van der Waals surface area contributed by atoms with Gasteiger partial charge in [0, 0.05) is 67.3 Å². The first-order valence-electron chi connectivity index (χ1n) is 12.3. The van der Waals surface area contributed by atoms with Crippen LogP contribution >= 0.6 is 23.2 Å². The summed E-state index contributed by atoms with van der Waals surface area (Å²) in [6.45, 7) is 7.92. The van der Waals surface area contributed by atoms with Crippen molar-refractivity contribution >= 4 is 39.9 Å². The molecule has 4 aromatic rings. The molecule has 5 heterocycles. The number of nitrogens with zero attached hydrogens (tertiary/aromatic N) is 6. The van der Waals surface area contributed by atoms with Crippen LogP contribution in [-0.4, -0.2) is 56.8 Å². The van der Waals surface area contributed by atoms with Gasteiger partial charge in [0.1, 0.15) is 23.7 Å². The van der Waals surface area contributed by atoms with E-state index in [1.165, 1.54) is 24.9 Å². The number of ether oxygens (including phenoxy) is 1. The highest BCUT2D eigenvalue weighted by atomic mass is 35.5. The average Bonchev–Trinajstić information content (AvgIpc) is 3.23. The molecule has 1 aromatic carbocycles. The fraction of sp³-hybridized carbons (Fsp3) is 0.333. The molecule has 3 aromatic heterocycles. The molecule has 194 valence electrons. The predicted octanol–water partition coefficient (Wildman–Crippen LogP) is 5.76.